The Kier molecular flexibility index (Phi) is 5.83. The SMILES string of the molecule is O=C(N/N=C/c1ccc(O)cc1)C(=O)Nc1cc(C(F)(F)F)ccc1Cl. The third-order valence-electron chi connectivity index (χ3n) is 3.02. The van der Waals surface area contributed by atoms with Gasteiger partial charge in [-0.1, -0.05) is 11.6 Å². The number of amides is 2. The number of phenolic OH excluding ortho intramolecular Hbond substituents is 1. The summed E-state index contributed by atoms with van der Waals surface area (Å²) in [5.41, 5.74) is 1.07. The molecular weight excluding hydrogens is 375 g/mol. The van der Waals surface area contributed by atoms with Crippen LogP contribution in [-0.4, -0.2) is 23.1 Å². The van der Waals surface area contributed by atoms with Crippen LogP contribution in [0.2, 0.25) is 5.02 Å². The van der Waals surface area contributed by atoms with Crippen molar-refractivity contribution in [3.8, 4) is 5.75 Å². The molecular formula is C16H11ClF3N3O3. The number of rotatable bonds is 3. The first-order valence-electron chi connectivity index (χ1n) is 6.97. The van der Waals surface area contributed by atoms with Crippen LogP contribution in [0.25, 0.3) is 0 Å². The van der Waals surface area contributed by atoms with E-state index in [9.17, 15) is 22.8 Å². The zero-order valence-corrected chi connectivity index (χ0v) is 13.6. The minimum absolute atomic E-state index is 0.0449. The van der Waals surface area contributed by atoms with Crippen LogP contribution in [0.4, 0.5) is 18.9 Å². The minimum Gasteiger partial charge on any atom is -0.508 e. The topological polar surface area (TPSA) is 90.8 Å². The maximum Gasteiger partial charge on any atom is 0.416 e. The van der Waals surface area contributed by atoms with Crippen LogP contribution >= 0.6 is 11.6 Å². The van der Waals surface area contributed by atoms with Crippen molar-refractivity contribution in [1.29, 1.82) is 0 Å². The monoisotopic (exact) mass is 385 g/mol. The molecule has 0 aliphatic heterocycles. The number of benzene rings is 2. The molecule has 0 heterocycles. The molecule has 0 fully saturated rings. The number of hydrogen-bond donors (Lipinski definition) is 3. The molecule has 0 unspecified atom stereocenters. The van der Waals surface area contributed by atoms with Gasteiger partial charge in [0.25, 0.3) is 0 Å². The fourth-order valence-electron chi connectivity index (χ4n) is 1.75. The summed E-state index contributed by atoms with van der Waals surface area (Å²) in [5, 5.41) is 14.5. The molecule has 0 aliphatic rings. The number of hydrazone groups is 1. The molecule has 2 amide bonds. The number of carbonyl (C=O) groups is 2. The van der Waals surface area contributed by atoms with Crippen molar-refractivity contribution in [2.24, 2.45) is 5.10 Å². The van der Waals surface area contributed by atoms with E-state index < -0.39 is 23.6 Å². The highest BCUT2D eigenvalue weighted by Crippen LogP contribution is 2.33. The first-order valence-corrected chi connectivity index (χ1v) is 7.35. The smallest absolute Gasteiger partial charge is 0.416 e. The zero-order valence-electron chi connectivity index (χ0n) is 12.8. The normalized spacial score (nSPS) is 11.4. The minimum atomic E-state index is -4.62. The van der Waals surface area contributed by atoms with Gasteiger partial charge in [0.15, 0.2) is 0 Å². The maximum atomic E-state index is 12.7. The second-order valence-corrected chi connectivity index (χ2v) is 5.34. The van der Waals surface area contributed by atoms with Gasteiger partial charge in [-0.3, -0.25) is 9.59 Å². The Labute approximate surface area is 150 Å². The molecule has 0 atom stereocenters. The third kappa shape index (κ3) is 5.21. The van der Waals surface area contributed by atoms with Gasteiger partial charge in [-0.2, -0.15) is 18.3 Å². The number of anilines is 1. The lowest BCUT2D eigenvalue weighted by atomic mass is 10.2. The van der Waals surface area contributed by atoms with E-state index in [1.54, 1.807) is 0 Å². The molecule has 2 rings (SSSR count). The molecule has 0 saturated carbocycles. The number of aromatic hydroxyl groups is 1. The van der Waals surface area contributed by atoms with E-state index in [1.165, 1.54) is 30.5 Å². The van der Waals surface area contributed by atoms with Crippen molar-refractivity contribution in [3.05, 3.63) is 58.6 Å². The van der Waals surface area contributed by atoms with E-state index in [4.69, 9.17) is 16.7 Å². The first-order chi connectivity index (χ1) is 12.2. The standard InChI is InChI=1S/C16H11ClF3N3O3/c17-12-6-3-10(16(18,19)20)7-13(12)22-14(25)15(26)23-21-8-9-1-4-11(24)5-2-9/h1-8,24H,(H,22,25)(H,23,26)/b21-8+. The van der Waals surface area contributed by atoms with Crippen LogP contribution in [0.1, 0.15) is 11.1 Å². The fourth-order valence-corrected chi connectivity index (χ4v) is 1.92. The van der Waals surface area contributed by atoms with Gasteiger partial charge in [-0.15, -0.1) is 0 Å². The van der Waals surface area contributed by atoms with E-state index >= 15 is 0 Å². The summed E-state index contributed by atoms with van der Waals surface area (Å²) in [6.45, 7) is 0. The Morgan fingerprint density at radius 3 is 2.35 bits per heavy atom. The summed E-state index contributed by atoms with van der Waals surface area (Å²) < 4.78 is 38.0. The van der Waals surface area contributed by atoms with Gasteiger partial charge < -0.3 is 10.4 Å². The van der Waals surface area contributed by atoms with Gasteiger partial charge in [0, 0.05) is 0 Å². The molecule has 6 nitrogen and oxygen atoms in total. The van der Waals surface area contributed by atoms with Gasteiger partial charge in [0.1, 0.15) is 5.75 Å². The average Bonchev–Trinajstić information content (AvgIpc) is 2.57. The van der Waals surface area contributed by atoms with E-state index in [1.807, 2.05) is 10.7 Å². The third-order valence-corrected chi connectivity index (χ3v) is 3.35. The summed E-state index contributed by atoms with van der Waals surface area (Å²) in [4.78, 5) is 23.4. The lowest BCUT2D eigenvalue weighted by Crippen LogP contribution is -2.32. The molecule has 26 heavy (non-hydrogen) atoms. The quantitative estimate of drug-likeness (QED) is 0.430. The van der Waals surface area contributed by atoms with Crippen LogP contribution in [0.5, 0.6) is 5.75 Å². The second-order valence-electron chi connectivity index (χ2n) is 4.94. The van der Waals surface area contributed by atoms with Crippen molar-refractivity contribution >= 4 is 35.3 Å². The number of hydrogen-bond acceptors (Lipinski definition) is 4. The van der Waals surface area contributed by atoms with E-state index in [-0.39, 0.29) is 16.5 Å². The van der Waals surface area contributed by atoms with E-state index in [2.05, 4.69) is 5.10 Å². The van der Waals surface area contributed by atoms with Gasteiger partial charge in [-0.25, -0.2) is 5.43 Å². The molecule has 136 valence electrons. The Hall–Kier alpha value is -3.07. The zero-order chi connectivity index (χ0) is 19.3. The molecule has 0 aromatic heterocycles. The van der Waals surface area contributed by atoms with Crippen molar-refractivity contribution < 1.29 is 27.9 Å². The number of halogens is 4. The summed E-state index contributed by atoms with van der Waals surface area (Å²) in [5.74, 6) is -2.40. The van der Waals surface area contributed by atoms with Crippen molar-refractivity contribution in [1.82, 2.24) is 5.43 Å². The lowest BCUT2D eigenvalue weighted by Gasteiger charge is -2.11. The summed E-state index contributed by atoms with van der Waals surface area (Å²) in [7, 11) is 0. The summed E-state index contributed by atoms with van der Waals surface area (Å²) >= 11 is 5.73. The average molecular weight is 386 g/mol. The van der Waals surface area contributed by atoms with Crippen LogP contribution in [0.3, 0.4) is 0 Å². The molecule has 0 spiro atoms. The Morgan fingerprint density at radius 1 is 1.08 bits per heavy atom. The van der Waals surface area contributed by atoms with Crippen LogP contribution in [0.15, 0.2) is 47.6 Å². The first kappa shape index (κ1) is 19.3. The highest BCUT2D eigenvalue weighted by atomic mass is 35.5. The molecule has 0 aliphatic carbocycles. The molecule has 10 heteroatoms. The van der Waals surface area contributed by atoms with Crippen molar-refractivity contribution in [3.63, 3.8) is 0 Å². The second kappa shape index (κ2) is 7.87. The highest BCUT2D eigenvalue weighted by molar-refractivity contribution is 6.41. The molecule has 3 N–H and O–H groups in total. The Balaban J connectivity index is 2.01. The Morgan fingerprint density at radius 2 is 1.73 bits per heavy atom. The van der Waals surface area contributed by atoms with Crippen LogP contribution in [-0.2, 0) is 15.8 Å². The summed E-state index contributed by atoms with van der Waals surface area (Å²) in [6, 6.07) is 8.13. The van der Waals surface area contributed by atoms with Crippen molar-refractivity contribution in [2.75, 3.05) is 5.32 Å². The molecule has 0 radical (unpaired) electrons. The number of nitrogens with zero attached hydrogens (tertiary/aromatic N) is 1. The predicted octanol–water partition coefficient (Wildman–Crippen LogP) is 3.15. The molecule has 2 aromatic rings. The Bertz CT molecular complexity index is 852. The molecule has 0 bridgehead atoms. The number of alkyl halides is 3. The predicted molar refractivity (Wildman–Crippen MR) is 88.9 cm³/mol. The maximum absolute atomic E-state index is 12.7. The number of phenols is 1. The summed E-state index contributed by atoms with van der Waals surface area (Å²) in [6.07, 6.45) is -3.41. The molecule has 2 aromatic carbocycles. The highest BCUT2D eigenvalue weighted by Gasteiger charge is 2.31. The van der Waals surface area contributed by atoms with Gasteiger partial charge in [0.2, 0.25) is 0 Å². The number of carbonyl (C=O) groups excluding carboxylic acids is 2. The largest absolute Gasteiger partial charge is 0.508 e. The fraction of sp³-hybridized carbons (Fsp3) is 0.0625. The van der Waals surface area contributed by atoms with E-state index in [0.717, 1.165) is 12.1 Å². The van der Waals surface area contributed by atoms with Crippen LogP contribution in [0, 0.1) is 0 Å². The van der Waals surface area contributed by atoms with E-state index in [0.29, 0.717) is 11.6 Å². The lowest BCUT2D eigenvalue weighted by molar-refractivity contribution is -0.137. The van der Waals surface area contributed by atoms with Gasteiger partial charge >= 0.3 is 18.0 Å². The van der Waals surface area contributed by atoms with Gasteiger partial charge in [-0.05, 0) is 48.0 Å². The molecule has 0 saturated heterocycles. The number of nitrogens with one attached hydrogen (secondary N) is 2. The van der Waals surface area contributed by atoms with Crippen molar-refractivity contribution in [2.45, 2.75) is 6.18 Å². The van der Waals surface area contributed by atoms with Crippen LogP contribution < -0.4 is 10.7 Å². The van der Waals surface area contributed by atoms with Gasteiger partial charge in [0.05, 0.1) is 22.5 Å².